The number of halogens is 2. The number of aromatic nitrogens is 1. The number of esters is 1. The Balaban J connectivity index is 1.63. The Hall–Kier alpha value is -3.18. The predicted molar refractivity (Wildman–Crippen MR) is 145 cm³/mol. The average molecular weight is 578 g/mol. The van der Waals surface area contributed by atoms with Crippen LogP contribution in [0.2, 0.25) is 10.0 Å². The van der Waals surface area contributed by atoms with Gasteiger partial charge in [-0.05, 0) is 40.9 Å². The van der Waals surface area contributed by atoms with E-state index in [4.69, 9.17) is 33.7 Å². The molecule has 1 atom stereocenters. The third kappa shape index (κ3) is 6.22. The van der Waals surface area contributed by atoms with Gasteiger partial charge in [-0.25, -0.2) is 13.2 Å². The summed E-state index contributed by atoms with van der Waals surface area (Å²) in [6, 6.07) is 15.5. The molecule has 0 spiro atoms. The Labute approximate surface area is 227 Å². The Morgan fingerprint density at radius 2 is 1.78 bits per heavy atom. The van der Waals surface area contributed by atoms with E-state index in [0.717, 1.165) is 23.4 Å². The fourth-order valence-electron chi connectivity index (χ4n) is 3.62. The van der Waals surface area contributed by atoms with Crippen molar-refractivity contribution in [2.24, 2.45) is 0 Å². The molecule has 0 bridgehead atoms. The second kappa shape index (κ2) is 11.1. The van der Waals surface area contributed by atoms with Crippen molar-refractivity contribution in [1.82, 2.24) is 9.69 Å². The molecule has 12 heteroatoms. The van der Waals surface area contributed by atoms with Crippen molar-refractivity contribution in [1.29, 1.82) is 0 Å². The first-order valence-corrected chi connectivity index (χ1v) is 14.3. The lowest BCUT2D eigenvalue weighted by Gasteiger charge is -2.19. The van der Waals surface area contributed by atoms with Crippen LogP contribution in [0.4, 0.5) is 5.82 Å². The Bertz CT molecular complexity index is 1590. The highest BCUT2D eigenvalue weighted by atomic mass is 35.5. The first-order chi connectivity index (χ1) is 17.5. The molecule has 0 aliphatic carbocycles. The van der Waals surface area contributed by atoms with Crippen LogP contribution in [-0.2, 0) is 32.4 Å². The second-order valence-corrected chi connectivity index (χ2v) is 11.8. The van der Waals surface area contributed by atoms with E-state index in [-0.39, 0.29) is 39.3 Å². The minimum Gasteiger partial charge on any atom is -0.459 e. The molecule has 1 heterocycles. The third-order valence-corrected chi connectivity index (χ3v) is 8.28. The lowest BCUT2D eigenvalue weighted by Crippen LogP contribution is -2.43. The number of nitrogens with zero attached hydrogens (tertiary/aromatic N) is 1. The first kappa shape index (κ1) is 26.9. The highest BCUT2D eigenvalue weighted by molar-refractivity contribution is 7.90. The van der Waals surface area contributed by atoms with E-state index in [1.807, 2.05) is 18.2 Å². The minimum absolute atomic E-state index is 0.0109. The number of benzene rings is 3. The number of nitrogen functional groups attached to an aromatic ring is 1. The van der Waals surface area contributed by atoms with Gasteiger partial charge in [-0.2, -0.15) is 4.37 Å². The Kier molecular flexibility index (Phi) is 8.03. The number of fused-ring (bicyclic) bond motifs is 1. The second-order valence-electron chi connectivity index (χ2n) is 8.23. The van der Waals surface area contributed by atoms with E-state index in [1.54, 1.807) is 24.3 Å². The number of ether oxygens (including phenoxy) is 1. The molecule has 3 N–H and O–H groups in total. The molecule has 0 saturated heterocycles. The van der Waals surface area contributed by atoms with Crippen LogP contribution in [0, 0.1) is 0 Å². The van der Waals surface area contributed by atoms with Crippen LogP contribution in [0.3, 0.4) is 0 Å². The van der Waals surface area contributed by atoms with E-state index in [9.17, 15) is 18.0 Å². The molecule has 192 valence electrons. The molecule has 4 aromatic rings. The molecule has 0 fully saturated rings. The van der Waals surface area contributed by atoms with Crippen LogP contribution in [-0.4, -0.2) is 37.0 Å². The fraction of sp³-hybridized carbons (Fsp3) is 0.160. The van der Waals surface area contributed by atoms with E-state index in [0.29, 0.717) is 15.6 Å². The van der Waals surface area contributed by atoms with Gasteiger partial charge in [-0.3, -0.25) is 4.79 Å². The number of hydrogen-bond donors (Lipinski definition) is 2. The average Bonchev–Trinajstić information content (AvgIpc) is 3.23. The Morgan fingerprint density at radius 1 is 1.08 bits per heavy atom. The van der Waals surface area contributed by atoms with Crippen LogP contribution in [0.25, 0.3) is 10.1 Å². The van der Waals surface area contributed by atoms with E-state index >= 15 is 0 Å². The van der Waals surface area contributed by atoms with Gasteiger partial charge in [0.15, 0.2) is 9.84 Å². The number of nitrogens with two attached hydrogens (primary N) is 1. The van der Waals surface area contributed by atoms with E-state index in [2.05, 4.69) is 9.69 Å². The maximum atomic E-state index is 13.3. The van der Waals surface area contributed by atoms with Crippen molar-refractivity contribution in [2.45, 2.75) is 24.0 Å². The minimum atomic E-state index is -3.48. The van der Waals surface area contributed by atoms with Crippen LogP contribution in [0.5, 0.6) is 0 Å². The molecule has 0 aliphatic heterocycles. The zero-order valence-electron chi connectivity index (χ0n) is 19.4. The number of amides is 1. The summed E-state index contributed by atoms with van der Waals surface area (Å²) in [7, 11) is -3.48. The van der Waals surface area contributed by atoms with Gasteiger partial charge < -0.3 is 15.8 Å². The summed E-state index contributed by atoms with van der Waals surface area (Å²) in [6.45, 7) is -0.0109. The maximum absolute atomic E-state index is 13.3. The molecule has 3 aromatic carbocycles. The van der Waals surface area contributed by atoms with E-state index in [1.165, 1.54) is 18.2 Å². The third-order valence-electron chi connectivity index (χ3n) is 5.49. The summed E-state index contributed by atoms with van der Waals surface area (Å²) in [5, 5.41) is 3.27. The molecular formula is C25H21Cl2N3O5S2. The summed E-state index contributed by atoms with van der Waals surface area (Å²) >= 11 is 13.9. The molecule has 0 saturated carbocycles. The highest BCUT2D eigenvalue weighted by Gasteiger charge is 2.27. The molecule has 0 radical (unpaired) electrons. The summed E-state index contributed by atoms with van der Waals surface area (Å²) in [6.07, 6.45) is 1.06. The molecule has 0 unspecified atom stereocenters. The fourth-order valence-corrected chi connectivity index (χ4v) is 5.78. The van der Waals surface area contributed by atoms with Gasteiger partial charge >= 0.3 is 5.97 Å². The maximum Gasteiger partial charge on any atom is 0.329 e. The van der Waals surface area contributed by atoms with Crippen molar-refractivity contribution in [3.05, 3.63) is 87.4 Å². The van der Waals surface area contributed by atoms with Crippen LogP contribution >= 0.6 is 34.7 Å². The Morgan fingerprint density at radius 3 is 2.49 bits per heavy atom. The summed E-state index contributed by atoms with van der Waals surface area (Å²) in [5.41, 5.74) is 7.08. The van der Waals surface area contributed by atoms with Crippen LogP contribution < -0.4 is 11.1 Å². The number of sulfone groups is 1. The molecular weight excluding hydrogens is 557 g/mol. The van der Waals surface area contributed by atoms with Gasteiger partial charge in [-0.1, -0.05) is 65.7 Å². The van der Waals surface area contributed by atoms with Gasteiger partial charge in [0.25, 0.3) is 5.91 Å². The summed E-state index contributed by atoms with van der Waals surface area (Å²) < 4.78 is 34.0. The smallest absolute Gasteiger partial charge is 0.329 e. The quantitative estimate of drug-likeness (QED) is 0.291. The summed E-state index contributed by atoms with van der Waals surface area (Å²) in [5.74, 6) is -1.17. The van der Waals surface area contributed by atoms with E-state index < -0.39 is 27.8 Å². The summed E-state index contributed by atoms with van der Waals surface area (Å²) in [4.78, 5) is 26.5. The van der Waals surface area contributed by atoms with Gasteiger partial charge in [0.1, 0.15) is 18.5 Å². The first-order valence-electron chi connectivity index (χ1n) is 10.9. The topological polar surface area (TPSA) is 128 Å². The van der Waals surface area contributed by atoms with Crippen LogP contribution in [0.15, 0.2) is 65.6 Å². The zero-order chi connectivity index (χ0) is 26.7. The standard InChI is InChI=1S/C25H21Cl2N3O5S2/c1-37(33,34)16-9-5-8-15(10-16)11-19(25(32)35-13-14-6-3-2-4-7-14)29-24(31)20-18(26)12-17-22(21(20)27)36-30-23(17)28/h2-10,12,19H,11,13H2,1H3,(H2,28,30)(H,29,31)/t19-/m0/s1. The lowest BCUT2D eigenvalue weighted by atomic mass is 10.0. The van der Waals surface area contributed by atoms with Gasteiger partial charge in [0.05, 0.1) is 25.2 Å². The van der Waals surface area contributed by atoms with Gasteiger partial charge in [0, 0.05) is 18.1 Å². The van der Waals surface area contributed by atoms with Crippen molar-refractivity contribution in [3.63, 3.8) is 0 Å². The van der Waals surface area contributed by atoms with Crippen molar-refractivity contribution < 1.29 is 22.7 Å². The number of rotatable bonds is 8. The van der Waals surface area contributed by atoms with Gasteiger partial charge in [-0.15, -0.1) is 0 Å². The number of nitrogens with one attached hydrogen (secondary N) is 1. The van der Waals surface area contributed by atoms with Crippen molar-refractivity contribution in [3.8, 4) is 0 Å². The van der Waals surface area contributed by atoms with Crippen LogP contribution in [0.1, 0.15) is 21.5 Å². The molecule has 1 aromatic heterocycles. The molecule has 4 rings (SSSR count). The normalized spacial score (nSPS) is 12.3. The number of hydrogen-bond acceptors (Lipinski definition) is 8. The lowest BCUT2D eigenvalue weighted by molar-refractivity contribution is -0.147. The number of anilines is 1. The van der Waals surface area contributed by atoms with Gasteiger partial charge in [0.2, 0.25) is 0 Å². The molecule has 0 aliphatic rings. The van der Waals surface area contributed by atoms with Crippen molar-refractivity contribution >= 4 is 72.4 Å². The number of carbonyl (C=O) groups is 2. The monoisotopic (exact) mass is 577 g/mol. The highest BCUT2D eigenvalue weighted by Crippen LogP contribution is 2.38. The van der Waals surface area contributed by atoms with Crippen molar-refractivity contribution in [2.75, 3.05) is 12.0 Å². The predicted octanol–water partition coefficient (Wildman–Crippen LogP) is 4.67. The number of carbonyl (C=O) groups excluding carboxylic acids is 2. The SMILES string of the molecule is CS(=O)(=O)c1cccc(C[C@H](NC(=O)c2c(Cl)cc3c(N)nsc3c2Cl)C(=O)OCc2ccccc2)c1. The molecule has 1 amide bonds. The molecule has 8 nitrogen and oxygen atoms in total. The largest absolute Gasteiger partial charge is 0.459 e. The zero-order valence-corrected chi connectivity index (χ0v) is 22.5. The molecule has 37 heavy (non-hydrogen) atoms.